The van der Waals surface area contributed by atoms with E-state index in [1.807, 2.05) is 25.1 Å². The second kappa shape index (κ2) is 16.8. The summed E-state index contributed by atoms with van der Waals surface area (Å²) in [7, 11) is -2.41. The first kappa shape index (κ1) is 39.7. The molecule has 3 aliphatic heterocycles. The molecule has 1 saturated carbocycles. The standard InChI is InChI=1S/C34H41ClN2O6S.C7H15NO/c1-22-6-4-15-34(20-38,42-3)29-11-8-26(29)18-37-19-33(14-5-7-24-16-27(35)10-12-28(24)33)21-43-31-13-9-25(17-30(31)37)32(39)36-44(40,41)23(22)2;9-7-6-8-4-2-1-3-5-8/h4,9-10,12-13,15-17,20,22-23,26,29H,5-8,11,14,18-19,21H2,1-3H3,(H,36,39);9H,1-7H2/b15-4+;/t22-,23+,26-,29+,33-,34+;/m0./s1. The van der Waals surface area contributed by atoms with Gasteiger partial charge >= 0.3 is 0 Å². The number of rotatable bonds is 4. The number of benzene rings is 2. The van der Waals surface area contributed by atoms with E-state index in [9.17, 15) is 18.0 Å². The van der Waals surface area contributed by atoms with Crippen LogP contribution >= 0.6 is 11.6 Å². The van der Waals surface area contributed by atoms with Gasteiger partial charge in [-0.25, -0.2) is 13.1 Å². The molecule has 2 aliphatic carbocycles. The molecule has 2 N–H and O–H groups in total. The highest BCUT2D eigenvalue weighted by Crippen LogP contribution is 2.48. The molecule has 1 spiro atoms. The highest BCUT2D eigenvalue weighted by atomic mass is 35.5. The quantitative estimate of drug-likeness (QED) is 0.288. The van der Waals surface area contributed by atoms with Crippen molar-refractivity contribution in [3.8, 4) is 5.75 Å². The van der Waals surface area contributed by atoms with E-state index in [0.717, 1.165) is 50.6 Å². The van der Waals surface area contributed by atoms with Crippen LogP contribution in [-0.4, -0.2) is 94.5 Å². The number of ether oxygens (including phenoxy) is 2. The summed E-state index contributed by atoms with van der Waals surface area (Å²) in [5.41, 5.74) is 2.05. The Labute approximate surface area is 320 Å². The minimum atomic E-state index is -3.97. The molecule has 12 heteroatoms. The van der Waals surface area contributed by atoms with Crippen molar-refractivity contribution in [2.45, 2.75) is 87.9 Å². The van der Waals surface area contributed by atoms with Gasteiger partial charge in [-0.05, 0) is 131 Å². The molecule has 290 valence electrons. The Hall–Kier alpha value is -2.96. The number of piperidine rings is 1. The number of anilines is 1. The Morgan fingerprint density at radius 3 is 2.58 bits per heavy atom. The number of fused-ring (bicyclic) bond motifs is 4. The number of allylic oxidation sites excluding steroid dienone is 1. The first-order valence-corrected chi connectivity index (χ1v) is 21.3. The molecule has 0 aromatic heterocycles. The zero-order valence-electron chi connectivity index (χ0n) is 31.4. The summed E-state index contributed by atoms with van der Waals surface area (Å²) in [5.74, 6) is -0.203. The van der Waals surface area contributed by atoms with Crippen LogP contribution in [0.3, 0.4) is 0 Å². The van der Waals surface area contributed by atoms with Crippen LogP contribution < -0.4 is 14.4 Å². The van der Waals surface area contributed by atoms with Crippen LogP contribution in [-0.2, 0) is 31.4 Å². The van der Waals surface area contributed by atoms with Crippen molar-refractivity contribution in [1.29, 1.82) is 0 Å². The minimum absolute atomic E-state index is 0.0434. The fourth-order valence-corrected chi connectivity index (χ4v) is 10.5. The number of aldehydes is 1. The van der Waals surface area contributed by atoms with Crippen molar-refractivity contribution in [1.82, 2.24) is 9.62 Å². The van der Waals surface area contributed by atoms with Crippen molar-refractivity contribution in [2.24, 2.45) is 17.8 Å². The van der Waals surface area contributed by atoms with Gasteiger partial charge in [0.05, 0.1) is 24.2 Å². The summed E-state index contributed by atoms with van der Waals surface area (Å²) in [6.07, 6.45) is 13.7. The lowest BCUT2D eigenvalue weighted by atomic mass is 9.64. The predicted molar refractivity (Wildman–Crippen MR) is 208 cm³/mol. The van der Waals surface area contributed by atoms with Gasteiger partial charge in [-0.2, -0.15) is 0 Å². The lowest BCUT2D eigenvalue weighted by Crippen LogP contribution is -2.53. The summed E-state index contributed by atoms with van der Waals surface area (Å²) < 4.78 is 41.3. The second-order valence-corrected chi connectivity index (χ2v) is 18.3. The molecule has 1 saturated heterocycles. The van der Waals surface area contributed by atoms with Crippen LogP contribution in [0.4, 0.5) is 5.69 Å². The number of likely N-dealkylation sites (tertiary alicyclic amines) is 1. The fourth-order valence-electron chi connectivity index (χ4n) is 9.01. The van der Waals surface area contributed by atoms with Crippen LogP contribution in [0.5, 0.6) is 5.75 Å². The first-order chi connectivity index (χ1) is 25.4. The number of carbonyl (C=O) groups is 2. The van der Waals surface area contributed by atoms with Crippen molar-refractivity contribution in [3.05, 3.63) is 70.3 Å². The van der Waals surface area contributed by atoms with E-state index in [4.69, 9.17) is 26.2 Å². The number of aliphatic hydroxyl groups excluding tert-OH is 1. The number of carbonyl (C=O) groups excluding carboxylic acids is 2. The summed E-state index contributed by atoms with van der Waals surface area (Å²) in [4.78, 5) is 30.7. The molecule has 10 nitrogen and oxygen atoms in total. The van der Waals surface area contributed by atoms with Gasteiger partial charge in [0.1, 0.15) is 11.4 Å². The van der Waals surface area contributed by atoms with Gasteiger partial charge in [-0.1, -0.05) is 37.1 Å². The number of β-amino-alcohol motifs (C(OH)–C–C–N with tert-alkyl or cyclic N) is 1. The average Bonchev–Trinajstić information content (AvgIpc) is 3.29. The third-order valence-corrected chi connectivity index (χ3v) is 14.7. The molecule has 3 heterocycles. The zero-order chi connectivity index (χ0) is 37.8. The molecule has 53 heavy (non-hydrogen) atoms. The Morgan fingerprint density at radius 1 is 1.09 bits per heavy atom. The number of aryl methyl sites for hydroxylation is 1. The fraction of sp³-hybridized carbons (Fsp3) is 0.610. The maximum atomic E-state index is 13.4. The average molecular weight is 770 g/mol. The number of nitrogens with zero attached hydrogens (tertiary/aromatic N) is 2. The van der Waals surface area contributed by atoms with E-state index in [1.165, 1.54) is 43.5 Å². The van der Waals surface area contributed by atoms with Gasteiger partial charge in [0, 0.05) is 48.7 Å². The van der Waals surface area contributed by atoms with Gasteiger partial charge in [0.25, 0.3) is 5.91 Å². The van der Waals surface area contributed by atoms with E-state index < -0.39 is 26.8 Å². The number of halogens is 1. The molecule has 5 aliphatic rings. The van der Waals surface area contributed by atoms with E-state index in [2.05, 4.69) is 26.7 Å². The molecule has 0 radical (unpaired) electrons. The number of amides is 1. The second-order valence-electron chi connectivity index (χ2n) is 15.8. The molecular weight excluding hydrogens is 714 g/mol. The Bertz CT molecular complexity index is 1760. The Morgan fingerprint density at radius 2 is 1.89 bits per heavy atom. The maximum Gasteiger partial charge on any atom is 0.264 e. The molecule has 7 rings (SSSR count). The monoisotopic (exact) mass is 769 g/mol. The van der Waals surface area contributed by atoms with Crippen LogP contribution in [0.2, 0.25) is 5.02 Å². The zero-order valence-corrected chi connectivity index (χ0v) is 33.0. The number of nitrogens with one attached hydrogen (secondary N) is 1. The normalized spacial score (nSPS) is 31.9. The molecular formula is C41H56ClN3O7S. The smallest absolute Gasteiger partial charge is 0.264 e. The number of hydrogen-bond acceptors (Lipinski definition) is 9. The molecule has 6 atom stereocenters. The Balaban J connectivity index is 0.000000468. The topological polar surface area (TPSA) is 125 Å². The third kappa shape index (κ3) is 8.49. The largest absolute Gasteiger partial charge is 0.490 e. The van der Waals surface area contributed by atoms with E-state index in [1.54, 1.807) is 32.2 Å². The molecule has 2 fully saturated rings. The summed E-state index contributed by atoms with van der Waals surface area (Å²) in [6.45, 7) is 8.76. The summed E-state index contributed by atoms with van der Waals surface area (Å²) >= 11 is 6.40. The Kier molecular flexibility index (Phi) is 12.6. The lowest BCUT2D eigenvalue weighted by molar-refractivity contribution is -0.135. The van der Waals surface area contributed by atoms with E-state index in [0.29, 0.717) is 43.5 Å². The van der Waals surface area contributed by atoms with E-state index >= 15 is 0 Å². The van der Waals surface area contributed by atoms with Gasteiger partial charge in [0.15, 0.2) is 6.29 Å². The highest BCUT2D eigenvalue weighted by Gasteiger charge is 2.49. The van der Waals surface area contributed by atoms with Gasteiger partial charge in [-0.3, -0.25) is 9.59 Å². The highest BCUT2D eigenvalue weighted by molar-refractivity contribution is 7.90. The molecule has 0 unspecified atom stereocenters. The van der Waals surface area contributed by atoms with Crippen LogP contribution in [0.25, 0.3) is 0 Å². The molecule has 1 amide bonds. The van der Waals surface area contributed by atoms with Crippen molar-refractivity contribution < 1.29 is 32.6 Å². The minimum Gasteiger partial charge on any atom is -0.490 e. The molecule has 2 bridgehead atoms. The van der Waals surface area contributed by atoms with Crippen molar-refractivity contribution in [2.75, 3.05) is 57.9 Å². The number of hydrogen-bond donors (Lipinski definition) is 2. The first-order valence-electron chi connectivity index (χ1n) is 19.3. The third-order valence-electron chi connectivity index (χ3n) is 12.6. The number of methoxy groups -OCH3 is 1. The molecule has 2 aromatic carbocycles. The van der Waals surface area contributed by atoms with Gasteiger partial charge < -0.3 is 24.4 Å². The van der Waals surface area contributed by atoms with Crippen LogP contribution in [0.15, 0.2) is 48.6 Å². The van der Waals surface area contributed by atoms with Crippen LogP contribution in [0.1, 0.15) is 86.7 Å². The number of sulfonamides is 1. The predicted octanol–water partition coefficient (Wildman–Crippen LogP) is 5.93. The number of aliphatic hydroxyl groups is 1. The van der Waals surface area contributed by atoms with Gasteiger partial charge in [0.2, 0.25) is 10.0 Å². The molecule has 2 aromatic rings. The summed E-state index contributed by atoms with van der Waals surface area (Å²) in [5, 5.41) is 8.45. The SMILES string of the molecule is CO[C@@]1(C=O)/C=C/C[C@H](C)[C@@H](C)S(=O)(=O)NC(=O)c2ccc3c(c2)N(C[C@@H]2CC[C@H]21)C[C@@]1(CCCc2cc(Cl)ccc21)CO3.OCCN1CCCCC1. The lowest BCUT2D eigenvalue weighted by Gasteiger charge is -2.48. The summed E-state index contributed by atoms with van der Waals surface area (Å²) in [6, 6.07) is 11.3. The van der Waals surface area contributed by atoms with Crippen LogP contribution in [0, 0.1) is 17.8 Å². The van der Waals surface area contributed by atoms with Crippen molar-refractivity contribution >= 4 is 39.5 Å². The van der Waals surface area contributed by atoms with E-state index in [-0.39, 0.29) is 28.7 Å². The maximum absolute atomic E-state index is 13.4. The van der Waals surface area contributed by atoms with Gasteiger partial charge in [-0.15, -0.1) is 0 Å². The van der Waals surface area contributed by atoms with Crippen molar-refractivity contribution in [3.63, 3.8) is 0 Å².